The fraction of sp³-hybridized carbons (Fsp3) is 0.308. The van der Waals surface area contributed by atoms with Gasteiger partial charge in [-0.05, 0) is 40.5 Å². The number of nitrogens with one attached hydrogen (secondary N) is 1. The second-order valence-corrected chi connectivity index (χ2v) is 8.28. The number of aromatic nitrogens is 1. The van der Waals surface area contributed by atoms with Gasteiger partial charge in [-0.15, -0.1) is 11.3 Å². The van der Waals surface area contributed by atoms with Gasteiger partial charge in [-0.25, -0.2) is 18.1 Å². The monoisotopic (exact) mass is 389 g/mol. The van der Waals surface area contributed by atoms with Gasteiger partial charge in [0.2, 0.25) is 10.0 Å². The van der Waals surface area contributed by atoms with Crippen LogP contribution in [-0.4, -0.2) is 19.9 Å². The van der Waals surface area contributed by atoms with Gasteiger partial charge >= 0.3 is 0 Å². The maximum Gasteiger partial charge on any atom is 0.240 e. The molecule has 0 radical (unpaired) electrons. The van der Waals surface area contributed by atoms with E-state index < -0.39 is 10.0 Å². The van der Waals surface area contributed by atoms with Crippen LogP contribution in [0.15, 0.2) is 33.1 Å². The predicted molar refractivity (Wildman–Crippen MR) is 89.0 cm³/mol. The van der Waals surface area contributed by atoms with E-state index in [2.05, 4.69) is 25.6 Å². The summed E-state index contributed by atoms with van der Waals surface area (Å²) in [6.45, 7) is 3.97. The Kier molecular flexibility index (Phi) is 5.03. The average molecular weight is 390 g/mol. The molecule has 2 rings (SSSR count). The molecule has 8 heteroatoms. The Bertz CT molecular complexity index is 730. The maximum absolute atomic E-state index is 12.4. The van der Waals surface area contributed by atoms with E-state index >= 15 is 0 Å². The summed E-state index contributed by atoms with van der Waals surface area (Å²) in [5, 5.41) is 2.78. The van der Waals surface area contributed by atoms with Crippen LogP contribution in [0, 0.1) is 6.92 Å². The number of benzene rings is 1. The summed E-state index contributed by atoms with van der Waals surface area (Å²) in [5.41, 5.74) is 6.81. The number of halogens is 1. The van der Waals surface area contributed by atoms with Gasteiger partial charge in [0.25, 0.3) is 0 Å². The first kappa shape index (κ1) is 16.4. The van der Waals surface area contributed by atoms with Gasteiger partial charge in [0.05, 0.1) is 9.90 Å². The Hall–Kier alpha value is -0.960. The van der Waals surface area contributed by atoms with Crippen LogP contribution in [0.2, 0.25) is 0 Å². The first-order valence-corrected chi connectivity index (χ1v) is 9.41. The summed E-state index contributed by atoms with van der Waals surface area (Å²) in [4.78, 5) is 4.39. The molecule has 1 heterocycles. The van der Waals surface area contributed by atoms with E-state index in [9.17, 15) is 8.42 Å². The molecule has 0 amide bonds. The van der Waals surface area contributed by atoms with Crippen LogP contribution in [0.5, 0.6) is 0 Å². The van der Waals surface area contributed by atoms with Gasteiger partial charge in [-0.3, -0.25) is 0 Å². The van der Waals surface area contributed by atoms with E-state index in [1.54, 1.807) is 19.2 Å². The largest absolute Gasteiger partial charge is 0.398 e. The molecule has 21 heavy (non-hydrogen) atoms. The Morgan fingerprint density at radius 2 is 2.19 bits per heavy atom. The first-order valence-electron chi connectivity index (χ1n) is 6.26. The fourth-order valence-corrected chi connectivity index (χ4v) is 4.38. The molecule has 0 saturated carbocycles. The molecule has 0 bridgehead atoms. The molecule has 0 aliphatic heterocycles. The zero-order chi connectivity index (χ0) is 15.6. The van der Waals surface area contributed by atoms with Crippen molar-refractivity contribution in [3.63, 3.8) is 0 Å². The molecule has 1 aromatic carbocycles. The Morgan fingerprint density at radius 1 is 1.48 bits per heavy atom. The zero-order valence-electron chi connectivity index (χ0n) is 11.6. The molecule has 114 valence electrons. The predicted octanol–water partition coefficient (Wildman–Crippen LogP) is 2.88. The van der Waals surface area contributed by atoms with Crippen LogP contribution in [0.3, 0.4) is 0 Å². The molecule has 1 aromatic heterocycles. The van der Waals surface area contributed by atoms with E-state index in [4.69, 9.17) is 5.73 Å². The van der Waals surface area contributed by atoms with Gasteiger partial charge in [0, 0.05) is 34.2 Å². The van der Waals surface area contributed by atoms with Gasteiger partial charge in [0.15, 0.2) is 0 Å². The van der Waals surface area contributed by atoms with E-state index in [-0.39, 0.29) is 10.8 Å². The second-order valence-electron chi connectivity index (χ2n) is 4.76. The highest BCUT2D eigenvalue weighted by Gasteiger charge is 2.20. The van der Waals surface area contributed by atoms with Crippen LogP contribution in [-0.2, 0) is 10.0 Å². The molecular formula is C13H16BrN3O2S2. The molecule has 0 saturated heterocycles. The lowest BCUT2D eigenvalue weighted by Crippen LogP contribution is -2.28. The number of hydrogen-bond acceptors (Lipinski definition) is 5. The summed E-state index contributed by atoms with van der Waals surface area (Å²) in [5.74, 6) is 0.0212. The van der Waals surface area contributed by atoms with Crippen molar-refractivity contribution in [2.75, 3.05) is 12.3 Å². The Balaban J connectivity index is 2.17. The number of sulfonamides is 1. The Morgan fingerprint density at radius 3 is 2.81 bits per heavy atom. The highest BCUT2D eigenvalue weighted by Crippen LogP contribution is 2.27. The number of nitrogen functional groups attached to an aromatic ring is 1. The molecule has 0 fully saturated rings. The van der Waals surface area contributed by atoms with E-state index in [1.807, 2.05) is 12.3 Å². The molecular weight excluding hydrogens is 374 g/mol. The fourth-order valence-electron chi connectivity index (χ4n) is 1.84. The minimum absolute atomic E-state index is 0.0212. The molecule has 1 unspecified atom stereocenters. The van der Waals surface area contributed by atoms with Crippen molar-refractivity contribution in [3.8, 4) is 0 Å². The number of rotatable bonds is 5. The summed E-state index contributed by atoms with van der Waals surface area (Å²) < 4.78 is 28.1. The second kappa shape index (κ2) is 6.43. The standard InChI is InChI=1S/C13H16BrN3O2S2/c1-8-5-10(14)11(15)6-12(8)21(18,19)17-7-9(2)13-16-3-4-20-13/h3-6,9,17H,7,15H2,1-2H3. The number of hydrogen-bond donors (Lipinski definition) is 2. The van der Waals surface area contributed by atoms with Crippen molar-refractivity contribution in [1.82, 2.24) is 9.71 Å². The van der Waals surface area contributed by atoms with E-state index in [0.717, 1.165) is 5.01 Å². The highest BCUT2D eigenvalue weighted by atomic mass is 79.9. The molecule has 3 N–H and O–H groups in total. The number of thiazole rings is 1. The van der Waals surface area contributed by atoms with Crippen molar-refractivity contribution in [2.45, 2.75) is 24.7 Å². The third kappa shape index (κ3) is 3.82. The molecule has 0 spiro atoms. The number of nitrogens with two attached hydrogens (primary N) is 1. The summed E-state index contributed by atoms with van der Waals surface area (Å²) >= 11 is 4.80. The lowest BCUT2D eigenvalue weighted by molar-refractivity contribution is 0.574. The highest BCUT2D eigenvalue weighted by molar-refractivity contribution is 9.10. The van der Waals surface area contributed by atoms with E-state index in [0.29, 0.717) is 22.3 Å². The van der Waals surface area contributed by atoms with Crippen molar-refractivity contribution in [2.24, 2.45) is 0 Å². The first-order chi connectivity index (χ1) is 9.81. The van der Waals surface area contributed by atoms with Gasteiger partial charge < -0.3 is 5.73 Å². The molecule has 2 aromatic rings. The minimum atomic E-state index is -3.59. The quantitative estimate of drug-likeness (QED) is 0.769. The van der Waals surface area contributed by atoms with Crippen LogP contribution in [0.4, 0.5) is 5.69 Å². The van der Waals surface area contributed by atoms with E-state index in [1.165, 1.54) is 17.4 Å². The third-order valence-electron chi connectivity index (χ3n) is 3.04. The lowest BCUT2D eigenvalue weighted by atomic mass is 10.2. The van der Waals surface area contributed by atoms with Gasteiger partial charge in [-0.1, -0.05) is 6.92 Å². The summed E-state index contributed by atoms with van der Waals surface area (Å²) in [6, 6.07) is 3.17. The summed E-state index contributed by atoms with van der Waals surface area (Å²) in [6.07, 6.45) is 1.71. The normalized spacial score (nSPS) is 13.3. The van der Waals surface area contributed by atoms with Gasteiger partial charge in [0.1, 0.15) is 0 Å². The van der Waals surface area contributed by atoms with Crippen LogP contribution >= 0.6 is 27.3 Å². The lowest BCUT2D eigenvalue weighted by Gasteiger charge is -2.13. The topological polar surface area (TPSA) is 85.1 Å². The van der Waals surface area contributed by atoms with Crippen LogP contribution < -0.4 is 10.5 Å². The average Bonchev–Trinajstić information content (AvgIpc) is 2.94. The zero-order valence-corrected chi connectivity index (χ0v) is 14.8. The van der Waals surface area contributed by atoms with Crippen molar-refractivity contribution >= 4 is 43.0 Å². The van der Waals surface area contributed by atoms with Crippen molar-refractivity contribution in [3.05, 3.63) is 38.8 Å². The van der Waals surface area contributed by atoms with Gasteiger partial charge in [-0.2, -0.15) is 0 Å². The smallest absolute Gasteiger partial charge is 0.240 e. The number of aryl methyl sites for hydroxylation is 1. The SMILES string of the molecule is Cc1cc(Br)c(N)cc1S(=O)(=O)NCC(C)c1nccs1. The number of anilines is 1. The molecule has 0 aliphatic rings. The molecule has 1 atom stereocenters. The van der Waals surface area contributed by atoms with Crippen LogP contribution in [0.25, 0.3) is 0 Å². The number of nitrogens with zero attached hydrogens (tertiary/aromatic N) is 1. The molecule has 0 aliphatic carbocycles. The minimum Gasteiger partial charge on any atom is -0.398 e. The van der Waals surface area contributed by atoms with Crippen molar-refractivity contribution < 1.29 is 8.42 Å². The van der Waals surface area contributed by atoms with Crippen molar-refractivity contribution in [1.29, 1.82) is 0 Å². The third-order valence-corrected chi connectivity index (χ3v) is 6.30. The molecule has 5 nitrogen and oxygen atoms in total. The summed E-state index contributed by atoms with van der Waals surface area (Å²) in [7, 11) is -3.59. The maximum atomic E-state index is 12.4. The Labute approximate surface area is 136 Å². The van der Waals surface area contributed by atoms with Crippen LogP contribution in [0.1, 0.15) is 23.4 Å².